The maximum absolute atomic E-state index is 12.8. The van der Waals surface area contributed by atoms with Crippen molar-refractivity contribution >= 4 is 34.0 Å². The van der Waals surface area contributed by atoms with Crippen LogP contribution in [0.5, 0.6) is 0 Å². The summed E-state index contributed by atoms with van der Waals surface area (Å²) in [6.07, 6.45) is -3.86. The van der Waals surface area contributed by atoms with Gasteiger partial charge in [-0.1, -0.05) is 18.5 Å². The highest BCUT2D eigenvalue weighted by molar-refractivity contribution is 7.15. The monoisotopic (exact) mass is 362 g/mol. The van der Waals surface area contributed by atoms with Crippen molar-refractivity contribution in [3.8, 4) is 0 Å². The smallest absolute Gasteiger partial charge is 0.302 e. The van der Waals surface area contributed by atoms with E-state index in [0.717, 1.165) is 17.0 Å². The Morgan fingerprint density at radius 1 is 1.39 bits per heavy atom. The molecule has 0 spiro atoms. The molecule has 0 unspecified atom stereocenters. The number of hydrogen-bond donors (Lipinski definition) is 1. The fraction of sp³-hybridized carbons (Fsp3) is 0.333. The highest BCUT2D eigenvalue weighted by Crippen LogP contribution is 2.34. The molecule has 2 rings (SSSR count). The molecular weight excluding hydrogens is 349 g/mol. The van der Waals surface area contributed by atoms with Gasteiger partial charge in [-0.05, 0) is 30.7 Å². The zero-order valence-electron chi connectivity index (χ0n) is 12.4. The molecule has 2 aromatic rings. The summed E-state index contributed by atoms with van der Waals surface area (Å²) in [5, 5.41) is 3.35. The molecule has 0 saturated carbocycles. The largest absolute Gasteiger partial charge is 0.416 e. The Morgan fingerprint density at radius 2 is 2.09 bits per heavy atom. The summed E-state index contributed by atoms with van der Waals surface area (Å²) < 4.78 is 38.4. The second kappa shape index (κ2) is 6.88. The first-order valence-corrected chi connectivity index (χ1v) is 8.02. The van der Waals surface area contributed by atoms with E-state index in [0.29, 0.717) is 22.8 Å². The molecule has 0 radical (unpaired) electrons. The molecule has 1 amide bonds. The average molecular weight is 363 g/mol. The van der Waals surface area contributed by atoms with Crippen LogP contribution in [0.15, 0.2) is 18.2 Å². The summed E-state index contributed by atoms with van der Waals surface area (Å²) in [5.41, 5.74) is 0.301. The molecule has 0 saturated heterocycles. The minimum atomic E-state index is -4.41. The molecule has 0 fully saturated rings. The number of thiazole rings is 1. The predicted octanol–water partition coefficient (Wildman–Crippen LogP) is 5.06. The molecule has 1 heterocycles. The van der Waals surface area contributed by atoms with Crippen molar-refractivity contribution in [2.75, 3.05) is 5.32 Å². The molecule has 1 aromatic carbocycles. The van der Waals surface area contributed by atoms with Gasteiger partial charge < -0.3 is 5.32 Å². The number of amides is 1. The quantitative estimate of drug-likeness (QED) is 0.825. The highest BCUT2D eigenvalue weighted by atomic mass is 35.5. The summed E-state index contributed by atoms with van der Waals surface area (Å²) in [6.45, 7) is 3.47. The van der Waals surface area contributed by atoms with E-state index in [1.54, 1.807) is 13.8 Å². The van der Waals surface area contributed by atoms with Crippen LogP contribution in [0.2, 0.25) is 5.02 Å². The number of carbonyl (C=O) groups is 1. The fourth-order valence-corrected chi connectivity index (χ4v) is 3.10. The van der Waals surface area contributed by atoms with Crippen LogP contribution in [0.25, 0.3) is 0 Å². The minimum absolute atomic E-state index is 0.164. The van der Waals surface area contributed by atoms with Gasteiger partial charge in [-0.2, -0.15) is 13.2 Å². The molecular formula is C15H14ClF3N2OS. The third-order valence-electron chi connectivity index (χ3n) is 3.18. The van der Waals surface area contributed by atoms with Crippen molar-refractivity contribution in [1.29, 1.82) is 0 Å². The Morgan fingerprint density at radius 3 is 2.70 bits per heavy atom. The van der Waals surface area contributed by atoms with E-state index in [2.05, 4.69) is 10.3 Å². The fourth-order valence-electron chi connectivity index (χ4n) is 1.91. The standard InChI is InChI=1S/C15H14ClF3N2OS/c1-3-13(22)21-14-20-8(2)12(23-14)7-9-6-10(15(17,18)19)4-5-11(9)16/h4-6H,3,7H2,1-2H3,(H,20,21,22). The van der Waals surface area contributed by atoms with Crippen molar-refractivity contribution in [2.24, 2.45) is 0 Å². The van der Waals surface area contributed by atoms with Crippen molar-refractivity contribution in [2.45, 2.75) is 32.9 Å². The SMILES string of the molecule is CCC(=O)Nc1nc(C)c(Cc2cc(C(F)(F)F)ccc2Cl)s1. The number of carbonyl (C=O) groups excluding carboxylic acids is 1. The number of aromatic nitrogens is 1. The van der Waals surface area contributed by atoms with Crippen LogP contribution in [0.1, 0.15) is 35.0 Å². The molecule has 3 nitrogen and oxygen atoms in total. The normalized spacial score (nSPS) is 11.6. The molecule has 0 atom stereocenters. The van der Waals surface area contributed by atoms with Gasteiger partial charge in [-0.15, -0.1) is 11.3 Å². The van der Waals surface area contributed by atoms with Crippen LogP contribution in [-0.4, -0.2) is 10.9 Å². The minimum Gasteiger partial charge on any atom is -0.302 e. The first kappa shape index (κ1) is 17.7. The van der Waals surface area contributed by atoms with Crippen LogP contribution in [0.3, 0.4) is 0 Å². The van der Waals surface area contributed by atoms with Gasteiger partial charge in [-0.25, -0.2) is 4.98 Å². The van der Waals surface area contributed by atoms with E-state index in [9.17, 15) is 18.0 Å². The molecule has 23 heavy (non-hydrogen) atoms. The van der Waals surface area contributed by atoms with Gasteiger partial charge >= 0.3 is 6.18 Å². The van der Waals surface area contributed by atoms with Gasteiger partial charge in [0.15, 0.2) is 5.13 Å². The van der Waals surface area contributed by atoms with Crippen molar-refractivity contribution in [1.82, 2.24) is 4.98 Å². The number of alkyl halides is 3. The number of rotatable bonds is 4. The molecule has 0 aliphatic rings. The number of nitrogens with zero attached hydrogens (tertiary/aromatic N) is 1. The highest BCUT2D eigenvalue weighted by Gasteiger charge is 2.31. The van der Waals surface area contributed by atoms with E-state index in [1.165, 1.54) is 17.4 Å². The van der Waals surface area contributed by atoms with Crippen LogP contribution in [0.4, 0.5) is 18.3 Å². The zero-order valence-corrected chi connectivity index (χ0v) is 14.0. The molecule has 124 valence electrons. The number of aryl methyl sites for hydroxylation is 1. The lowest BCUT2D eigenvalue weighted by Gasteiger charge is -2.10. The topological polar surface area (TPSA) is 42.0 Å². The number of benzene rings is 1. The van der Waals surface area contributed by atoms with E-state index in [4.69, 9.17) is 11.6 Å². The Balaban J connectivity index is 2.27. The molecule has 0 aliphatic carbocycles. The zero-order chi connectivity index (χ0) is 17.2. The first-order chi connectivity index (χ1) is 10.7. The van der Waals surface area contributed by atoms with E-state index >= 15 is 0 Å². The first-order valence-electron chi connectivity index (χ1n) is 6.82. The second-order valence-corrected chi connectivity index (χ2v) is 6.40. The maximum Gasteiger partial charge on any atom is 0.416 e. The lowest BCUT2D eigenvalue weighted by atomic mass is 10.1. The summed E-state index contributed by atoms with van der Waals surface area (Å²) in [6, 6.07) is 3.25. The van der Waals surface area contributed by atoms with Crippen LogP contribution < -0.4 is 5.32 Å². The van der Waals surface area contributed by atoms with E-state index in [1.807, 2.05) is 0 Å². The summed E-state index contributed by atoms with van der Waals surface area (Å²) in [4.78, 5) is 16.4. The van der Waals surface area contributed by atoms with Crippen LogP contribution in [-0.2, 0) is 17.4 Å². The van der Waals surface area contributed by atoms with Gasteiger partial charge in [-0.3, -0.25) is 4.79 Å². The van der Waals surface area contributed by atoms with Crippen molar-refractivity contribution in [3.63, 3.8) is 0 Å². The van der Waals surface area contributed by atoms with Gasteiger partial charge in [0.1, 0.15) is 0 Å². The van der Waals surface area contributed by atoms with E-state index in [-0.39, 0.29) is 17.4 Å². The summed E-state index contributed by atoms with van der Waals surface area (Å²) >= 11 is 7.25. The summed E-state index contributed by atoms with van der Waals surface area (Å²) in [5.74, 6) is -0.164. The summed E-state index contributed by atoms with van der Waals surface area (Å²) in [7, 11) is 0. The van der Waals surface area contributed by atoms with Crippen molar-refractivity contribution < 1.29 is 18.0 Å². The molecule has 0 bridgehead atoms. The molecule has 1 aromatic heterocycles. The lowest BCUT2D eigenvalue weighted by molar-refractivity contribution is -0.137. The second-order valence-electron chi connectivity index (χ2n) is 4.91. The van der Waals surface area contributed by atoms with Crippen LogP contribution in [0, 0.1) is 6.92 Å². The number of nitrogens with one attached hydrogen (secondary N) is 1. The Hall–Kier alpha value is -1.60. The van der Waals surface area contributed by atoms with Gasteiger partial charge in [0, 0.05) is 22.7 Å². The number of hydrogen-bond acceptors (Lipinski definition) is 3. The Labute approximate surface area is 140 Å². The lowest BCUT2D eigenvalue weighted by Crippen LogP contribution is -2.08. The number of halogens is 4. The third kappa shape index (κ3) is 4.45. The molecule has 0 aliphatic heterocycles. The van der Waals surface area contributed by atoms with Crippen molar-refractivity contribution in [3.05, 3.63) is 44.9 Å². The maximum atomic E-state index is 12.8. The average Bonchev–Trinajstić information content (AvgIpc) is 2.79. The van der Waals surface area contributed by atoms with Gasteiger partial charge in [0.25, 0.3) is 0 Å². The Bertz CT molecular complexity index is 728. The predicted molar refractivity (Wildman–Crippen MR) is 85.0 cm³/mol. The van der Waals surface area contributed by atoms with Gasteiger partial charge in [0.05, 0.1) is 11.3 Å². The Kier molecular flexibility index (Phi) is 5.31. The number of anilines is 1. The molecule has 8 heteroatoms. The third-order valence-corrected chi connectivity index (χ3v) is 4.63. The van der Waals surface area contributed by atoms with E-state index < -0.39 is 11.7 Å². The van der Waals surface area contributed by atoms with Gasteiger partial charge in [0.2, 0.25) is 5.91 Å². The van der Waals surface area contributed by atoms with Crippen LogP contribution >= 0.6 is 22.9 Å². The molecule has 1 N–H and O–H groups in total.